The van der Waals surface area contributed by atoms with E-state index in [0.29, 0.717) is 11.7 Å². The summed E-state index contributed by atoms with van der Waals surface area (Å²) in [5.41, 5.74) is 3.41. The molecule has 0 bridgehead atoms. The Balaban J connectivity index is 1.40. The largest absolute Gasteiger partial charge is 0.328 e. The Hall–Kier alpha value is -2.61. The zero-order valence-corrected chi connectivity index (χ0v) is 15.4. The minimum absolute atomic E-state index is 0.162. The third-order valence-corrected chi connectivity index (χ3v) is 5.02. The average Bonchev–Trinajstić information content (AvgIpc) is 3.15. The molecule has 4 rings (SSSR count). The number of carbonyl (C=O) groups is 1. The summed E-state index contributed by atoms with van der Waals surface area (Å²) >= 11 is 1.36. The SMILES string of the molecule is Cc1cc(C)cc(-n2ccnc2SCC(=O)Nc2nc(C3CC3)no2)c1. The lowest BCUT2D eigenvalue weighted by atomic mass is 10.1. The number of hydrogen-bond acceptors (Lipinski definition) is 6. The molecule has 1 aromatic carbocycles. The second-order valence-electron chi connectivity index (χ2n) is 6.49. The van der Waals surface area contributed by atoms with E-state index in [1.165, 1.54) is 22.9 Å². The first-order chi connectivity index (χ1) is 12.6. The molecule has 1 aliphatic rings. The van der Waals surface area contributed by atoms with Crippen molar-refractivity contribution in [2.45, 2.75) is 37.8 Å². The summed E-state index contributed by atoms with van der Waals surface area (Å²) in [4.78, 5) is 20.7. The molecule has 8 heteroatoms. The van der Waals surface area contributed by atoms with Gasteiger partial charge in [-0.05, 0) is 49.9 Å². The van der Waals surface area contributed by atoms with Gasteiger partial charge in [-0.1, -0.05) is 23.0 Å². The molecule has 0 saturated heterocycles. The average molecular weight is 369 g/mol. The van der Waals surface area contributed by atoms with Gasteiger partial charge in [-0.2, -0.15) is 4.98 Å². The Morgan fingerprint density at radius 2 is 2.08 bits per heavy atom. The molecule has 1 amide bonds. The van der Waals surface area contributed by atoms with Crippen LogP contribution in [0.25, 0.3) is 5.69 Å². The number of aromatic nitrogens is 4. The number of aryl methyl sites for hydroxylation is 2. The molecule has 3 aromatic rings. The molecule has 0 aliphatic heterocycles. The summed E-state index contributed by atoms with van der Waals surface area (Å²) in [6.07, 6.45) is 5.81. The van der Waals surface area contributed by atoms with Crippen molar-refractivity contribution in [1.29, 1.82) is 0 Å². The number of rotatable bonds is 6. The molecule has 0 spiro atoms. The van der Waals surface area contributed by atoms with Crippen molar-refractivity contribution < 1.29 is 9.32 Å². The minimum Gasteiger partial charge on any atom is -0.315 e. The van der Waals surface area contributed by atoms with Gasteiger partial charge in [-0.3, -0.25) is 14.7 Å². The molecule has 2 aromatic heterocycles. The van der Waals surface area contributed by atoms with Gasteiger partial charge >= 0.3 is 6.01 Å². The van der Waals surface area contributed by atoms with Gasteiger partial charge in [0, 0.05) is 24.0 Å². The van der Waals surface area contributed by atoms with Gasteiger partial charge in [0.25, 0.3) is 0 Å². The minimum atomic E-state index is -0.198. The second-order valence-corrected chi connectivity index (χ2v) is 7.44. The van der Waals surface area contributed by atoms with Gasteiger partial charge in [0.15, 0.2) is 11.0 Å². The van der Waals surface area contributed by atoms with Crippen molar-refractivity contribution in [3.63, 3.8) is 0 Å². The van der Waals surface area contributed by atoms with E-state index >= 15 is 0 Å². The summed E-state index contributed by atoms with van der Waals surface area (Å²) < 4.78 is 7.05. The number of anilines is 1. The van der Waals surface area contributed by atoms with Crippen LogP contribution in [0, 0.1) is 13.8 Å². The van der Waals surface area contributed by atoms with Crippen molar-refractivity contribution >= 4 is 23.7 Å². The smallest absolute Gasteiger partial charge is 0.315 e. The van der Waals surface area contributed by atoms with Crippen molar-refractivity contribution in [1.82, 2.24) is 19.7 Å². The van der Waals surface area contributed by atoms with Crippen molar-refractivity contribution in [2.24, 2.45) is 0 Å². The van der Waals surface area contributed by atoms with E-state index in [9.17, 15) is 4.79 Å². The molecule has 1 aliphatic carbocycles. The Morgan fingerprint density at radius 3 is 2.81 bits per heavy atom. The molecular weight excluding hydrogens is 350 g/mol. The normalized spacial score (nSPS) is 13.8. The number of amides is 1. The maximum atomic E-state index is 12.2. The second kappa shape index (κ2) is 6.95. The zero-order chi connectivity index (χ0) is 18.1. The molecule has 0 unspecified atom stereocenters. The first-order valence-corrected chi connectivity index (χ1v) is 9.45. The molecule has 134 valence electrons. The maximum Gasteiger partial charge on any atom is 0.328 e. The van der Waals surface area contributed by atoms with E-state index in [1.807, 2.05) is 10.8 Å². The van der Waals surface area contributed by atoms with Crippen LogP contribution in [0.5, 0.6) is 0 Å². The van der Waals surface area contributed by atoms with E-state index in [2.05, 4.69) is 52.5 Å². The van der Waals surface area contributed by atoms with Crippen molar-refractivity contribution in [3.8, 4) is 5.69 Å². The monoisotopic (exact) mass is 369 g/mol. The van der Waals surface area contributed by atoms with E-state index in [4.69, 9.17) is 4.52 Å². The topological polar surface area (TPSA) is 85.8 Å². The van der Waals surface area contributed by atoms with Crippen LogP contribution < -0.4 is 5.32 Å². The number of imidazole rings is 1. The van der Waals surface area contributed by atoms with Crippen LogP contribution in [0.1, 0.15) is 35.7 Å². The number of thioether (sulfide) groups is 1. The first kappa shape index (κ1) is 16.8. The highest BCUT2D eigenvalue weighted by Crippen LogP contribution is 2.38. The predicted molar refractivity (Wildman–Crippen MR) is 98.7 cm³/mol. The molecule has 1 N–H and O–H groups in total. The fourth-order valence-electron chi connectivity index (χ4n) is 2.76. The van der Waals surface area contributed by atoms with Crippen molar-refractivity contribution in [2.75, 3.05) is 11.1 Å². The maximum absolute atomic E-state index is 12.2. The Morgan fingerprint density at radius 1 is 1.31 bits per heavy atom. The highest BCUT2D eigenvalue weighted by Gasteiger charge is 2.29. The lowest BCUT2D eigenvalue weighted by molar-refractivity contribution is -0.114. The lowest BCUT2D eigenvalue weighted by Crippen LogP contribution is -2.14. The molecule has 2 heterocycles. The molecule has 0 radical (unpaired) electrons. The van der Waals surface area contributed by atoms with Crippen LogP contribution in [0.4, 0.5) is 6.01 Å². The van der Waals surface area contributed by atoms with Gasteiger partial charge in [-0.15, -0.1) is 0 Å². The lowest BCUT2D eigenvalue weighted by Gasteiger charge is -2.09. The molecule has 0 atom stereocenters. The van der Waals surface area contributed by atoms with Crippen LogP contribution in [-0.4, -0.2) is 31.4 Å². The van der Waals surface area contributed by atoms with Crippen LogP contribution in [0.2, 0.25) is 0 Å². The fraction of sp³-hybridized carbons (Fsp3) is 0.333. The van der Waals surface area contributed by atoms with Crippen molar-refractivity contribution in [3.05, 3.63) is 47.5 Å². The fourth-order valence-corrected chi connectivity index (χ4v) is 3.53. The van der Waals surface area contributed by atoms with Gasteiger partial charge in [0.2, 0.25) is 5.91 Å². The zero-order valence-electron chi connectivity index (χ0n) is 14.6. The highest BCUT2D eigenvalue weighted by molar-refractivity contribution is 7.99. The quantitative estimate of drug-likeness (QED) is 0.670. The van der Waals surface area contributed by atoms with Gasteiger partial charge < -0.3 is 4.52 Å². The first-order valence-electron chi connectivity index (χ1n) is 8.47. The van der Waals surface area contributed by atoms with E-state index in [-0.39, 0.29) is 17.7 Å². The third kappa shape index (κ3) is 3.80. The van der Waals surface area contributed by atoms with E-state index in [0.717, 1.165) is 23.7 Å². The Bertz CT molecular complexity index is 924. The predicted octanol–water partition coefficient (Wildman–Crippen LogP) is 3.48. The van der Waals surface area contributed by atoms with Crippen LogP contribution in [0.3, 0.4) is 0 Å². The summed E-state index contributed by atoms with van der Waals surface area (Å²) in [6.45, 7) is 4.13. The summed E-state index contributed by atoms with van der Waals surface area (Å²) in [6, 6.07) is 6.48. The Kier molecular flexibility index (Phi) is 4.50. The molecule has 1 fully saturated rings. The number of nitrogens with zero attached hydrogens (tertiary/aromatic N) is 4. The number of benzene rings is 1. The molecular formula is C18H19N5O2S. The van der Waals surface area contributed by atoms with Gasteiger partial charge in [0.05, 0.1) is 5.75 Å². The molecule has 7 nitrogen and oxygen atoms in total. The van der Waals surface area contributed by atoms with Crippen LogP contribution in [0.15, 0.2) is 40.3 Å². The number of hydrogen-bond donors (Lipinski definition) is 1. The summed E-state index contributed by atoms with van der Waals surface area (Å²) in [5, 5.41) is 7.29. The molecule has 26 heavy (non-hydrogen) atoms. The van der Waals surface area contributed by atoms with Gasteiger partial charge in [-0.25, -0.2) is 4.98 Å². The number of carbonyl (C=O) groups excluding carboxylic acids is 1. The number of nitrogens with one attached hydrogen (secondary N) is 1. The molecule has 1 saturated carbocycles. The van der Waals surface area contributed by atoms with E-state index in [1.54, 1.807) is 6.20 Å². The Labute approximate surface area is 155 Å². The highest BCUT2D eigenvalue weighted by atomic mass is 32.2. The van der Waals surface area contributed by atoms with E-state index < -0.39 is 0 Å². The summed E-state index contributed by atoms with van der Waals surface area (Å²) in [5.74, 6) is 1.08. The van der Waals surface area contributed by atoms with Crippen LogP contribution in [-0.2, 0) is 4.79 Å². The van der Waals surface area contributed by atoms with Gasteiger partial charge in [0.1, 0.15) is 0 Å². The summed E-state index contributed by atoms with van der Waals surface area (Å²) in [7, 11) is 0. The van der Waals surface area contributed by atoms with Crippen LogP contribution >= 0.6 is 11.8 Å². The standard InChI is InChI=1S/C18H19N5O2S/c1-11-7-12(2)9-14(8-11)23-6-5-19-18(23)26-10-15(24)20-17-21-16(22-25-17)13-3-4-13/h5-9,13H,3-4,10H2,1-2H3,(H,20,21,22,24). The third-order valence-electron chi connectivity index (χ3n) is 4.05.